The molecule has 0 atom stereocenters. The topological polar surface area (TPSA) is 88.7 Å². The van der Waals surface area contributed by atoms with Gasteiger partial charge in [-0.3, -0.25) is 9.59 Å². The molecule has 0 saturated carbocycles. The van der Waals surface area contributed by atoms with Gasteiger partial charge in [0.05, 0.1) is 7.11 Å². The lowest BCUT2D eigenvalue weighted by molar-refractivity contribution is -0.118. The van der Waals surface area contributed by atoms with Gasteiger partial charge in [-0.05, 0) is 37.4 Å². The summed E-state index contributed by atoms with van der Waals surface area (Å²) in [5.74, 6) is 0.652. The van der Waals surface area contributed by atoms with Crippen LogP contribution in [0.1, 0.15) is 6.42 Å². The van der Waals surface area contributed by atoms with Crippen LogP contribution in [0.5, 0.6) is 11.5 Å². The van der Waals surface area contributed by atoms with E-state index in [-0.39, 0.29) is 30.8 Å². The highest BCUT2D eigenvalue weighted by Crippen LogP contribution is 2.25. The van der Waals surface area contributed by atoms with Gasteiger partial charge in [0.25, 0.3) is 5.91 Å². The van der Waals surface area contributed by atoms with Crippen LogP contribution in [-0.4, -0.2) is 39.1 Å². The number of nitrogens with one attached hydrogen (secondary N) is 3. The van der Waals surface area contributed by atoms with Gasteiger partial charge in [-0.1, -0.05) is 18.2 Å². The van der Waals surface area contributed by atoms with E-state index in [0.29, 0.717) is 35.8 Å². The average Bonchev–Trinajstić information content (AvgIpc) is 2.65. The first kappa shape index (κ1) is 22.3. The predicted octanol–water partition coefficient (Wildman–Crippen LogP) is 2.68. The van der Waals surface area contributed by atoms with Crippen molar-refractivity contribution in [1.29, 1.82) is 0 Å². The van der Waals surface area contributed by atoms with Gasteiger partial charge in [0, 0.05) is 24.3 Å². The van der Waals surface area contributed by atoms with Crippen LogP contribution in [-0.2, 0) is 9.59 Å². The van der Waals surface area contributed by atoms with Gasteiger partial charge in [0.15, 0.2) is 18.1 Å². The first-order chi connectivity index (χ1) is 12.6. The Morgan fingerprint density at radius 1 is 0.926 bits per heavy atom. The highest BCUT2D eigenvalue weighted by molar-refractivity contribution is 5.94. The van der Waals surface area contributed by atoms with Crippen LogP contribution in [0.25, 0.3) is 0 Å². The normalized spacial score (nSPS) is 9.70. The number of carbonyl (C=O) groups is 2. The molecule has 8 heteroatoms. The molecule has 27 heavy (non-hydrogen) atoms. The first-order valence-corrected chi connectivity index (χ1v) is 8.22. The van der Waals surface area contributed by atoms with Crippen molar-refractivity contribution in [2.75, 3.05) is 37.9 Å². The summed E-state index contributed by atoms with van der Waals surface area (Å²) < 4.78 is 10.7. The summed E-state index contributed by atoms with van der Waals surface area (Å²) in [5.41, 5.74) is 1.19. The molecule has 0 fully saturated rings. The first-order valence-electron chi connectivity index (χ1n) is 8.22. The zero-order valence-electron chi connectivity index (χ0n) is 15.3. The minimum Gasteiger partial charge on any atom is -0.493 e. The zero-order valence-corrected chi connectivity index (χ0v) is 16.1. The van der Waals surface area contributed by atoms with E-state index in [2.05, 4.69) is 16.0 Å². The van der Waals surface area contributed by atoms with Crippen LogP contribution in [0, 0.1) is 0 Å². The molecular formula is C19H24ClN3O4. The van der Waals surface area contributed by atoms with E-state index in [4.69, 9.17) is 9.47 Å². The number of para-hydroxylation sites is 2. The second-order valence-electron chi connectivity index (χ2n) is 5.47. The number of benzene rings is 2. The molecule has 2 rings (SSSR count). The van der Waals surface area contributed by atoms with E-state index >= 15 is 0 Å². The summed E-state index contributed by atoms with van der Waals surface area (Å²) in [7, 11) is 3.33. The number of methoxy groups -OCH3 is 1. The van der Waals surface area contributed by atoms with Gasteiger partial charge < -0.3 is 25.4 Å². The Bertz CT molecular complexity index is 755. The lowest BCUT2D eigenvalue weighted by atomic mass is 10.2. The summed E-state index contributed by atoms with van der Waals surface area (Å²) in [6.07, 6.45) is 0.375. The maximum absolute atomic E-state index is 12.1. The Hall–Kier alpha value is -2.77. The van der Waals surface area contributed by atoms with Gasteiger partial charge in [-0.2, -0.15) is 0 Å². The molecule has 0 saturated heterocycles. The van der Waals surface area contributed by atoms with E-state index in [1.54, 1.807) is 56.6 Å². The van der Waals surface area contributed by atoms with Crippen molar-refractivity contribution in [1.82, 2.24) is 5.32 Å². The van der Waals surface area contributed by atoms with E-state index in [1.807, 2.05) is 6.07 Å². The third-order valence-electron chi connectivity index (χ3n) is 3.46. The van der Waals surface area contributed by atoms with Gasteiger partial charge in [-0.15, -0.1) is 12.4 Å². The molecule has 0 radical (unpaired) electrons. The van der Waals surface area contributed by atoms with Gasteiger partial charge in [0.2, 0.25) is 5.91 Å². The number of hydrogen-bond acceptors (Lipinski definition) is 5. The Balaban J connectivity index is 0.00000364. The third-order valence-corrected chi connectivity index (χ3v) is 3.46. The van der Waals surface area contributed by atoms with Crippen molar-refractivity contribution in [3.8, 4) is 11.5 Å². The Morgan fingerprint density at radius 2 is 1.56 bits per heavy atom. The minimum absolute atomic E-state index is 0. The van der Waals surface area contributed by atoms with Crippen LogP contribution >= 0.6 is 12.4 Å². The van der Waals surface area contributed by atoms with Crippen LogP contribution in [0.4, 0.5) is 11.4 Å². The highest BCUT2D eigenvalue weighted by atomic mass is 35.5. The van der Waals surface area contributed by atoms with Crippen molar-refractivity contribution in [3.05, 3.63) is 48.5 Å². The maximum atomic E-state index is 12.1. The summed E-state index contributed by atoms with van der Waals surface area (Å²) in [6, 6.07) is 14.1. The highest BCUT2D eigenvalue weighted by Gasteiger charge is 2.08. The molecule has 0 aliphatic heterocycles. The molecule has 0 aliphatic carbocycles. The van der Waals surface area contributed by atoms with Gasteiger partial charge in [-0.25, -0.2) is 0 Å². The number of anilines is 2. The molecule has 0 unspecified atom stereocenters. The van der Waals surface area contributed by atoms with Crippen LogP contribution < -0.4 is 25.4 Å². The maximum Gasteiger partial charge on any atom is 0.262 e. The summed E-state index contributed by atoms with van der Waals surface area (Å²) in [6.45, 7) is 0.446. The summed E-state index contributed by atoms with van der Waals surface area (Å²) >= 11 is 0. The molecule has 146 valence electrons. The number of hydrogen-bond donors (Lipinski definition) is 3. The lowest BCUT2D eigenvalue weighted by Gasteiger charge is -2.11. The molecule has 0 aliphatic rings. The van der Waals surface area contributed by atoms with Crippen molar-refractivity contribution in [2.24, 2.45) is 0 Å². The molecule has 2 aromatic carbocycles. The quantitative estimate of drug-likeness (QED) is 0.609. The molecule has 0 spiro atoms. The second kappa shape index (κ2) is 11.8. The average molecular weight is 394 g/mol. The number of ether oxygens (including phenoxy) is 2. The van der Waals surface area contributed by atoms with Crippen LogP contribution in [0.15, 0.2) is 48.5 Å². The van der Waals surface area contributed by atoms with Crippen LogP contribution in [0.2, 0.25) is 0 Å². The Morgan fingerprint density at radius 3 is 2.19 bits per heavy atom. The van der Waals surface area contributed by atoms with Gasteiger partial charge >= 0.3 is 0 Å². The summed E-state index contributed by atoms with van der Waals surface area (Å²) in [4.78, 5) is 23.8. The molecule has 7 nitrogen and oxygen atoms in total. The zero-order chi connectivity index (χ0) is 18.8. The molecule has 0 aromatic heterocycles. The van der Waals surface area contributed by atoms with E-state index in [9.17, 15) is 9.59 Å². The fourth-order valence-electron chi connectivity index (χ4n) is 2.22. The monoisotopic (exact) mass is 393 g/mol. The molecule has 3 N–H and O–H groups in total. The Kier molecular flexibility index (Phi) is 9.71. The molecule has 2 amide bonds. The molecule has 2 aromatic rings. The lowest BCUT2D eigenvalue weighted by Crippen LogP contribution is -2.21. The van der Waals surface area contributed by atoms with Crippen molar-refractivity contribution in [2.45, 2.75) is 6.42 Å². The Labute approximate surface area is 164 Å². The molecule has 0 heterocycles. The van der Waals surface area contributed by atoms with E-state index in [1.165, 1.54) is 0 Å². The van der Waals surface area contributed by atoms with Crippen LogP contribution in [0.3, 0.4) is 0 Å². The van der Waals surface area contributed by atoms with Crippen molar-refractivity contribution in [3.63, 3.8) is 0 Å². The molecular weight excluding hydrogens is 370 g/mol. The fraction of sp³-hybridized carbons (Fsp3) is 0.263. The third kappa shape index (κ3) is 7.55. The van der Waals surface area contributed by atoms with E-state index < -0.39 is 0 Å². The number of carbonyl (C=O) groups excluding carboxylic acids is 2. The largest absolute Gasteiger partial charge is 0.493 e. The number of rotatable bonds is 9. The van der Waals surface area contributed by atoms with E-state index in [0.717, 1.165) is 0 Å². The predicted molar refractivity (Wildman–Crippen MR) is 108 cm³/mol. The number of amides is 2. The van der Waals surface area contributed by atoms with Gasteiger partial charge in [0.1, 0.15) is 0 Å². The second-order valence-corrected chi connectivity index (χ2v) is 5.47. The SMILES string of the molecule is CNCCC(=O)Nc1cccc(NC(=O)COc2ccccc2OC)c1.Cl. The fourth-order valence-corrected chi connectivity index (χ4v) is 2.22. The van der Waals surface area contributed by atoms with Crippen molar-refractivity contribution < 1.29 is 19.1 Å². The molecule has 0 bridgehead atoms. The standard InChI is InChI=1S/C19H23N3O4.ClH/c1-20-11-10-18(23)21-14-6-5-7-15(12-14)22-19(24)13-26-17-9-4-3-8-16(17)25-2;/h3-9,12,20H,10-11,13H2,1-2H3,(H,21,23)(H,22,24);1H. The number of halogens is 1. The smallest absolute Gasteiger partial charge is 0.262 e. The van der Waals surface area contributed by atoms with Crippen molar-refractivity contribution >= 4 is 35.6 Å². The summed E-state index contributed by atoms with van der Waals surface area (Å²) in [5, 5.41) is 8.44. The minimum atomic E-state index is -0.311.